The topological polar surface area (TPSA) is 96.0 Å². The minimum Gasteiger partial charge on any atom is -0.465 e. The minimum absolute atomic E-state index is 0. The van der Waals surface area contributed by atoms with Gasteiger partial charge in [0.25, 0.3) is 0 Å². The van der Waals surface area contributed by atoms with Gasteiger partial charge in [-0.3, -0.25) is 4.79 Å². The molecule has 9 atom stereocenters. The SMILES string of the molecule is CC[C@]1(NCCN2CCS(=O)(=O)CC2)CC[C@]2(C)[C@H](CC[C@@H]3[C@@]4(C)CC=C(c5ccc(C(=O)OC)cc5)C(C)(C)[C@@H]4CC[C@]32C)[C@H]1CC(C)N1CCCC1=O.[HH]. The van der Waals surface area contributed by atoms with Crippen molar-refractivity contribution in [1.82, 2.24) is 15.1 Å². The van der Waals surface area contributed by atoms with Gasteiger partial charge in [0.1, 0.15) is 0 Å². The molecule has 5 fully saturated rings. The molecule has 1 amide bonds. The number of allylic oxidation sites excluding steroid dienone is 2. The van der Waals surface area contributed by atoms with Crippen molar-refractivity contribution in [3.05, 3.63) is 41.5 Å². The summed E-state index contributed by atoms with van der Waals surface area (Å²) in [5.74, 6) is 2.82. The standard InChI is InChI=1S/C46H71N3O5S.H2/c1-9-46(47-24-26-48-27-29-55(52,53)30-28-48)23-22-44(6)36(37(46)31-32(2)49-25-10-11-40(49)50)16-17-39-43(5)20-18-35(33-12-14-34(15-13-33)41(51)54-8)42(3,4)38(43)19-21-45(39,44)7;/h12-15,18,32,36-39,47H,9-11,16-17,19-31H2,1-8H3;1H/t32?,36-,37-,38+,39-,43+,44-,45-,46+;/m1./s1. The van der Waals surface area contributed by atoms with Crippen LogP contribution >= 0.6 is 0 Å². The molecular weight excluding hydrogens is 707 g/mol. The third-order valence-corrected chi connectivity index (χ3v) is 19.2. The number of nitrogens with one attached hydrogen (secondary N) is 1. The highest BCUT2D eigenvalue weighted by Crippen LogP contribution is 2.75. The zero-order valence-electron chi connectivity index (χ0n) is 35.3. The summed E-state index contributed by atoms with van der Waals surface area (Å²) in [4.78, 5) is 29.8. The fourth-order valence-corrected chi connectivity index (χ4v) is 15.7. The molecule has 9 heteroatoms. The molecular formula is C46H73N3O5S. The van der Waals surface area contributed by atoms with Gasteiger partial charge in [0, 0.05) is 52.2 Å². The first-order valence-corrected chi connectivity index (χ1v) is 23.6. The predicted molar refractivity (Wildman–Crippen MR) is 223 cm³/mol. The molecule has 8 nitrogen and oxygen atoms in total. The lowest BCUT2D eigenvalue weighted by Gasteiger charge is -2.72. The number of carbonyl (C=O) groups is 2. The van der Waals surface area contributed by atoms with Gasteiger partial charge in [0.15, 0.2) is 9.84 Å². The summed E-state index contributed by atoms with van der Waals surface area (Å²) in [7, 11) is -1.46. The summed E-state index contributed by atoms with van der Waals surface area (Å²) < 4.78 is 29.3. The largest absolute Gasteiger partial charge is 0.465 e. The molecule has 2 heterocycles. The van der Waals surface area contributed by atoms with E-state index in [9.17, 15) is 18.0 Å². The van der Waals surface area contributed by atoms with Crippen molar-refractivity contribution < 1.29 is 24.2 Å². The Bertz CT molecular complexity index is 1750. The van der Waals surface area contributed by atoms with Crippen LogP contribution in [0, 0.1) is 45.3 Å². The van der Waals surface area contributed by atoms with Crippen molar-refractivity contribution in [3.8, 4) is 0 Å². The zero-order chi connectivity index (χ0) is 39.6. The quantitative estimate of drug-likeness (QED) is 0.239. The van der Waals surface area contributed by atoms with Gasteiger partial charge in [-0.25, -0.2) is 13.2 Å². The van der Waals surface area contributed by atoms with Crippen molar-refractivity contribution >= 4 is 27.3 Å². The second kappa shape index (κ2) is 14.9. The highest BCUT2D eigenvalue weighted by molar-refractivity contribution is 7.91. The molecule has 2 aliphatic heterocycles. The number of esters is 1. The number of ether oxygens (including phenoxy) is 1. The molecule has 1 aromatic rings. The molecule has 1 unspecified atom stereocenters. The Morgan fingerprint density at radius 3 is 2.31 bits per heavy atom. The fourth-order valence-electron chi connectivity index (χ4n) is 14.4. The highest BCUT2D eigenvalue weighted by atomic mass is 32.2. The fraction of sp³-hybridized carbons (Fsp3) is 0.783. The van der Waals surface area contributed by atoms with E-state index in [1.54, 1.807) is 0 Å². The summed E-state index contributed by atoms with van der Waals surface area (Å²) in [6, 6.07) is 8.29. The number of fused-ring (bicyclic) bond motifs is 5. The molecule has 0 bridgehead atoms. The first-order valence-electron chi connectivity index (χ1n) is 21.8. The molecule has 0 aromatic heterocycles. The van der Waals surface area contributed by atoms with E-state index in [0.717, 1.165) is 51.7 Å². The Labute approximate surface area is 334 Å². The molecule has 1 aromatic carbocycles. The second-order valence-electron chi connectivity index (χ2n) is 20.1. The van der Waals surface area contributed by atoms with Gasteiger partial charge in [0.2, 0.25) is 5.91 Å². The Balaban J connectivity index is 0.00000532. The van der Waals surface area contributed by atoms with Crippen LogP contribution in [0.3, 0.4) is 0 Å². The van der Waals surface area contributed by atoms with Crippen LogP contribution in [0.1, 0.15) is 136 Å². The molecule has 4 aliphatic carbocycles. The molecule has 0 spiro atoms. The van der Waals surface area contributed by atoms with Gasteiger partial charge >= 0.3 is 5.97 Å². The lowest BCUT2D eigenvalue weighted by molar-refractivity contribution is -0.221. The van der Waals surface area contributed by atoms with Gasteiger partial charge in [-0.05, 0) is 140 Å². The van der Waals surface area contributed by atoms with Gasteiger partial charge in [0.05, 0.1) is 24.2 Å². The van der Waals surface area contributed by atoms with Gasteiger partial charge in [-0.1, -0.05) is 59.8 Å². The van der Waals surface area contributed by atoms with Crippen molar-refractivity contribution in [2.75, 3.05) is 51.3 Å². The minimum atomic E-state index is -2.90. The van der Waals surface area contributed by atoms with Crippen LogP contribution in [-0.4, -0.2) is 93.0 Å². The number of methoxy groups -OCH3 is 1. The number of hydrogen-bond donors (Lipinski definition) is 1. The molecule has 2 saturated heterocycles. The summed E-state index contributed by atoms with van der Waals surface area (Å²) in [5.41, 5.74) is 3.85. The number of nitrogens with zero attached hydrogens (tertiary/aromatic N) is 2. The van der Waals surface area contributed by atoms with Crippen LogP contribution in [0.4, 0.5) is 0 Å². The number of hydrogen-bond acceptors (Lipinski definition) is 7. The van der Waals surface area contributed by atoms with E-state index in [0.29, 0.717) is 54.7 Å². The van der Waals surface area contributed by atoms with Crippen LogP contribution in [-0.2, 0) is 19.4 Å². The van der Waals surface area contributed by atoms with E-state index < -0.39 is 9.84 Å². The number of carbonyl (C=O) groups excluding carboxylic acids is 2. The molecule has 1 N–H and O–H groups in total. The van der Waals surface area contributed by atoms with E-state index in [1.165, 1.54) is 50.4 Å². The Hall–Kier alpha value is -2.23. The molecule has 308 valence electrons. The van der Waals surface area contributed by atoms with E-state index in [1.807, 2.05) is 12.1 Å². The normalized spacial score (nSPS) is 39.0. The van der Waals surface area contributed by atoms with E-state index in [4.69, 9.17) is 4.74 Å². The van der Waals surface area contributed by atoms with Gasteiger partial charge < -0.3 is 19.9 Å². The first-order chi connectivity index (χ1) is 25.9. The second-order valence-corrected chi connectivity index (χ2v) is 22.4. The third-order valence-electron chi connectivity index (χ3n) is 17.6. The van der Waals surface area contributed by atoms with E-state index in [2.05, 4.69) is 81.8 Å². The maximum atomic E-state index is 13.1. The average molecular weight is 780 g/mol. The summed E-state index contributed by atoms with van der Waals surface area (Å²) in [6.07, 6.45) is 14.8. The van der Waals surface area contributed by atoms with Crippen LogP contribution in [0.25, 0.3) is 5.57 Å². The molecule has 0 radical (unpaired) electrons. The van der Waals surface area contributed by atoms with E-state index >= 15 is 0 Å². The summed E-state index contributed by atoms with van der Waals surface area (Å²) in [5, 5.41) is 4.21. The smallest absolute Gasteiger partial charge is 0.337 e. The molecule has 3 saturated carbocycles. The number of likely N-dealkylation sites (tertiary alicyclic amines) is 1. The number of rotatable bonds is 10. The van der Waals surface area contributed by atoms with Gasteiger partial charge in [-0.15, -0.1) is 0 Å². The lowest BCUT2D eigenvalue weighted by atomic mass is 9.32. The zero-order valence-corrected chi connectivity index (χ0v) is 36.2. The molecule has 7 rings (SSSR count). The van der Waals surface area contributed by atoms with Crippen molar-refractivity contribution in [1.29, 1.82) is 0 Å². The third kappa shape index (κ3) is 6.86. The van der Waals surface area contributed by atoms with E-state index in [-0.39, 0.29) is 52.1 Å². The Morgan fingerprint density at radius 2 is 1.67 bits per heavy atom. The van der Waals surface area contributed by atoms with Crippen molar-refractivity contribution in [2.24, 2.45) is 45.3 Å². The summed E-state index contributed by atoms with van der Waals surface area (Å²) >= 11 is 0. The average Bonchev–Trinajstić information content (AvgIpc) is 3.59. The molecule has 6 aliphatic rings. The number of sulfone groups is 1. The summed E-state index contributed by atoms with van der Waals surface area (Å²) in [6.45, 7) is 21.6. The van der Waals surface area contributed by atoms with Gasteiger partial charge in [-0.2, -0.15) is 0 Å². The Kier molecular flexibility index (Phi) is 11.1. The lowest BCUT2D eigenvalue weighted by Crippen LogP contribution is -2.69. The first kappa shape index (κ1) is 40.9. The highest BCUT2D eigenvalue weighted by Gasteiger charge is 2.69. The van der Waals surface area contributed by atoms with Crippen LogP contribution in [0.5, 0.6) is 0 Å². The van der Waals surface area contributed by atoms with Crippen molar-refractivity contribution in [3.63, 3.8) is 0 Å². The van der Waals surface area contributed by atoms with Crippen LogP contribution < -0.4 is 5.32 Å². The molecule has 55 heavy (non-hydrogen) atoms. The predicted octanol–water partition coefficient (Wildman–Crippen LogP) is 8.27. The maximum Gasteiger partial charge on any atom is 0.337 e. The van der Waals surface area contributed by atoms with Crippen LogP contribution in [0.2, 0.25) is 0 Å². The number of benzene rings is 1. The van der Waals surface area contributed by atoms with Crippen molar-refractivity contribution in [2.45, 2.75) is 131 Å². The number of amides is 1. The van der Waals surface area contributed by atoms with Crippen LogP contribution in [0.15, 0.2) is 30.3 Å². The maximum absolute atomic E-state index is 13.1. The monoisotopic (exact) mass is 780 g/mol. The Morgan fingerprint density at radius 1 is 0.964 bits per heavy atom.